The van der Waals surface area contributed by atoms with Crippen LogP contribution in [0.25, 0.3) is 11.8 Å². The van der Waals surface area contributed by atoms with Gasteiger partial charge < -0.3 is 14.2 Å². The summed E-state index contributed by atoms with van der Waals surface area (Å²) in [7, 11) is 0. The van der Waals surface area contributed by atoms with Crippen molar-refractivity contribution in [2.24, 2.45) is 4.99 Å². The summed E-state index contributed by atoms with van der Waals surface area (Å²) >= 11 is 1.32. The maximum absolute atomic E-state index is 13.4. The largest absolute Gasteiger partial charge is 0.490 e. The third-order valence-corrected chi connectivity index (χ3v) is 6.97. The Bertz CT molecular complexity index is 1470. The van der Waals surface area contributed by atoms with E-state index < -0.39 is 5.97 Å². The fourth-order valence-corrected chi connectivity index (χ4v) is 5.34. The first-order valence-electron chi connectivity index (χ1n) is 12.6. The molecule has 2 aromatic carbocycles. The summed E-state index contributed by atoms with van der Waals surface area (Å²) in [6.07, 6.45) is 3.39. The van der Waals surface area contributed by atoms with E-state index in [1.54, 1.807) is 13.8 Å². The van der Waals surface area contributed by atoms with E-state index in [1.165, 1.54) is 15.9 Å². The summed E-state index contributed by atoms with van der Waals surface area (Å²) in [5, 5.41) is 0. The van der Waals surface area contributed by atoms with Gasteiger partial charge in [-0.25, -0.2) is 9.79 Å². The van der Waals surface area contributed by atoms with Crippen molar-refractivity contribution in [3.63, 3.8) is 0 Å². The molecule has 2 heterocycles. The Kier molecular flexibility index (Phi) is 8.61. The molecule has 1 aromatic heterocycles. The zero-order valence-electron chi connectivity index (χ0n) is 21.7. The van der Waals surface area contributed by atoms with Crippen LogP contribution in [0.2, 0.25) is 0 Å². The average Bonchev–Trinajstić information content (AvgIpc) is 3.19. The number of thiazole rings is 1. The Balaban J connectivity index is 1.71. The van der Waals surface area contributed by atoms with Crippen LogP contribution in [0, 0.1) is 0 Å². The number of esters is 1. The molecule has 0 aliphatic carbocycles. The second-order valence-electron chi connectivity index (χ2n) is 8.60. The van der Waals surface area contributed by atoms with Gasteiger partial charge in [0.15, 0.2) is 16.3 Å². The first kappa shape index (κ1) is 26.4. The highest BCUT2D eigenvalue weighted by Crippen LogP contribution is 2.30. The van der Waals surface area contributed by atoms with E-state index in [-0.39, 0.29) is 18.2 Å². The van der Waals surface area contributed by atoms with E-state index in [9.17, 15) is 9.59 Å². The van der Waals surface area contributed by atoms with E-state index in [4.69, 9.17) is 19.2 Å². The molecule has 37 heavy (non-hydrogen) atoms. The number of ether oxygens (including phenoxy) is 3. The van der Waals surface area contributed by atoms with Crippen LogP contribution in [0.15, 0.2) is 63.9 Å². The van der Waals surface area contributed by atoms with Crippen LogP contribution in [-0.2, 0) is 16.1 Å². The van der Waals surface area contributed by atoms with Gasteiger partial charge in [-0.3, -0.25) is 9.36 Å². The summed E-state index contributed by atoms with van der Waals surface area (Å²) in [5.74, 6) is 0.839. The van der Waals surface area contributed by atoms with Gasteiger partial charge in [0, 0.05) is 5.70 Å². The lowest BCUT2D eigenvalue weighted by Gasteiger charge is -2.21. The second-order valence-corrected chi connectivity index (χ2v) is 9.61. The van der Waals surface area contributed by atoms with Gasteiger partial charge >= 0.3 is 5.97 Å². The Labute approximate surface area is 220 Å². The highest BCUT2D eigenvalue weighted by atomic mass is 32.1. The molecule has 1 aliphatic rings. The number of carbonyl (C=O) groups excluding carboxylic acids is 1. The van der Waals surface area contributed by atoms with Gasteiger partial charge in [-0.1, -0.05) is 61.1 Å². The molecule has 0 unspecified atom stereocenters. The lowest BCUT2D eigenvalue weighted by Crippen LogP contribution is -2.37. The maximum atomic E-state index is 13.4. The number of benzene rings is 2. The molecule has 0 bridgehead atoms. The summed E-state index contributed by atoms with van der Waals surface area (Å²) in [5.41, 5.74) is 2.71. The standard InChI is InChI=1S/C29H32N2O5S/c1-5-11-22-26(28(33)35-7-3)19(4)31-27(32)25(37-29(31)30-22)17-21-14-15-23(24(16-21)34-6-2)36-18-20-12-9-8-10-13-20/h8-10,12-17,22H,5-7,11,18H2,1-4H3/b25-17-/t22-/m1/s1. The Hall–Kier alpha value is -3.65. The van der Waals surface area contributed by atoms with Crippen LogP contribution >= 0.6 is 11.3 Å². The summed E-state index contributed by atoms with van der Waals surface area (Å²) in [6, 6.07) is 15.2. The van der Waals surface area contributed by atoms with Crippen molar-refractivity contribution in [2.75, 3.05) is 13.2 Å². The van der Waals surface area contributed by atoms with Crippen molar-refractivity contribution < 1.29 is 19.0 Å². The fourth-order valence-electron chi connectivity index (χ4n) is 4.28. The van der Waals surface area contributed by atoms with Crippen LogP contribution < -0.4 is 24.4 Å². The molecule has 0 saturated heterocycles. The molecule has 7 nitrogen and oxygen atoms in total. The quantitative estimate of drug-likeness (QED) is 0.372. The number of aromatic nitrogens is 1. The summed E-state index contributed by atoms with van der Waals surface area (Å²) in [4.78, 5) is 31.5. The van der Waals surface area contributed by atoms with E-state index in [0.29, 0.717) is 51.7 Å². The van der Waals surface area contributed by atoms with Crippen LogP contribution in [0.1, 0.15) is 51.7 Å². The van der Waals surface area contributed by atoms with Crippen molar-refractivity contribution in [3.8, 4) is 11.5 Å². The van der Waals surface area contributed by atoms with Gasteiger partial charge in [-0.05, 0) is 56.5 Å². The third kappa shape index (κ3) is 5.85. The zero-order chi connectivity index (χ0) is 26.4. The normalized spacial score (nSPS) is 15.2. The first-order valence-corrected chi connectivity index (χ1v) is 13.4. The molecule has 194 valence electrons. The summed E-state index contributed by atoms with van der Waals surface area (Å²) < 4.78 is 19.2. The topological polar surface area (TPSA) is 79.1 Å². The third-order valence-electron chi connectivity index (χ3n) is 5.99. The number of allylic oxidation sites excluding steroid dienone is 1. The van der Waals surface area contributed by atoms with Crippen LogP contribution in [0.4, 0.5) is 0 Å². The molecule has 0 saturated carbocycles. The highest BCUT2D eigenvalue weighted by molar-refractivity contribution is 7.07. The molecule has 0 fully saturated rings. The predicted octanol–water partition coefficient (Wildman–Crippen LogP) is 4.31. The number of hydrogen-bond donors (Lipinski definition) is 0. The minimum Gasteiger partial charge on any atom is -0.490 e. The molecule has 0 radical (unpaired) electrons. The number of rotatable bonds is 10. The van der Waals surface area contributed by atoms with Gasteiger partial charge in [-0.2, -0.15) is 0 Å². The molecular formula is C29H32N2O5S. The van der Waals surface area contributed by atoms with Crippen LogP contribution in [0.5, 0.6) is 11.5 Å². The number of nitrogens with zero attached hydrogens (tertiary/aromatic N) is 2. The average molecular weight is 521 g/mol. The molecule has 1 aliphatic heterocycles. The lowest BCUT2D eigenvalue weighted by molar-refractivity contribution is -0.138. The Morgan fingerprint density at radius 3 is 2.54 bits per heavy atom. The molecule has 0 N–H and O–H groups in total. The van der Waals surface area contributed by atoms with Gasteiger partial charge in [-0.15, -0.1) is 0 Å². The molecule has 1 atom stereocenters. The minimum atomic E-state index is -0.413. The lowest BCUT2D eigenvalue weighted by atomic mass is 10.00. The fraction of sp³-hybridized carbons (Fsp3) is 0.345. The van der Waals surface area contributed by atoms with Gasteiger partial charge in [0.2, 0.25) is 0 Å². The Morgan fingerprint density at radius 2 is 1.84 bits per heavy atom. The minimum absolute atomic E-state index is 0.208. The Morgan fingerprint density at radius 1 is 1.05 bits per heavy atom. The SMILES string of the molecule is CCC[C@H]1N=c2s/c(=C\c3ccc(OCc4ccccc4)c(OCC)c3)c(=O)n2C(C)=C1C(=O)OCC. The molecule has 0 amide bonds. The van der Waals surface area contributed by atoms with E-state index >= 15 is 0 Å². The molecule has 0 spiro atoms. The van der Waals surface area contributed by atoms with Crippen molar-refractivity contribution in [3.05, 3.63) is 84.9 Å². The van der Waals surface area contributed by atoms with Crippen molar-refractivity contribution in [2.45, 2.75) is 53.2 Å². The monoisotopic (exact) mass is 520 g/mol. The van der Waals surface area contributed by atoms with E-state index in [1.807, 2.05) is 68.5 Å². The van der Waals surface area contributed by atoms with E-state index in [0.717, 1.165) is 17.5 Å². The van der Waals surface area contributed by atoms with Crippen LogP contribution in [0.3, 0.4) is 0 Å². The zero-order valence-corrected chi connectivity index (χ0v) is 22.5. The van der Waals surface area contributed by atoms with Crippen molar-refractivity contribution in [1.29, 1.82) is 0 Å². The highest BCUT2D eigenvalue weighted by Gasteiger charge is 2.29. The second kappa shape index (κ2) is 12.1. The molecule has 8 heteroatoms. The number of fused-ring (bicyclic) bond motifs is 1. The van der Waals surface area contributed by atoms with E-state index in [2.05, 4.69) is 0 Å². The predicted molar refractivity (Wildman–Crippen MR) is 146 cm³/mol. The van der Waals surface area contributed by atoms with Gasteiger partial charge in [0.05, 0.1) is 29.4 Å². The number of carbonyl (C=O) groups is 1. The van der Waals surface area contributed by atoms with Crippen molar-refractivity contribution in [1.82, 2.24) is 4.57 Å². The smallest absolute Gasteiger partial charge is 0.337 e. The van der Waals surface area contributed by atoms with Crippen molar-refractivity contribution >= 4 is 29.1 Å². The summed E-state index contributed by atoms with van der Waals surface area (Å²) in [6.45, 7) is 8.71. The molecule has 3 aromatic rings. The van der Waals surface area contributed by atoms with Gasteiger partial charge in [0.25, 0.3) is 5.56 Å². The van der Waals surface area contributed by atoms with Gasteiger partial charge in [0.1, 0.15) is 6.61 Å². The number of hydrogen-bond acceptors (Lipinski definition) is 7. The van der Waals surface area contributed by atoms with Crippen LogP contribution in [-0.4, -0.2) is 29.8 Å². The first-order chi connectivity index (χ1) is 18.0. The molecular weight excluding hydrogens is 488 g/mol. The molecule has 4 rings (SSSR count). The maximum Gasteiger partial charge on any atom is 0.337 e.